The molecule has 2 atom stereocenters. The molecule has 1 aromatic carbocycles. The molecule has 2 aromatic heterocycles. The highest BCUT2D eigenvalue weighted by molar-refractivity contribution is 5.77. The summed E-state index contributed by atoms with van der Waals surface area (Å²) in [4.78, 5) is 20.8. The first kappa shape index (κ1) is 26.3. The second-order valence-corrected chi connectivity index (χ2v) is 9.31. The molecule has 10 nitrogen and oxygen atoms in total. The number of hydrogen-bond donors (Lipinski definition) is 0. The Balaban J connectivity index is 1.68. The third-order valence-electron chi connectivity index (χ3n) is 6.93. The maximum absolute atomic E-state index is 14.8. The van der Waals surface area contributed by atoms with Crippen molar-refractivity contribution in [3.63, 3.8) is 0 Å². The molecule has 0 spiro atoms. The number of alkyl halides is 3. The first-order valence-corrected chi connectivity index (χ1v) is 12.3. The molecule has 4 bridgehead atoms. The first-order chi connectivity index (χ1) is 18.7. The Kier molecular flexibility index (Phi) is 7.05. The van der Waals surface area contributed by atoms with Crippen molar-refractivity contribution >= 4 is 17.2 Å². The number of allylic oxidation sites excluding steroid dienone is 1. The van der Waals surface area contributed by atoms with E-state index in [4.69, 9.17) is 15.7 Å². The predicted molar refractivity (Wildman–Crippen MR) is 133 cm³/mol. The van der Waals surface area contributed by atoms with E-state index in [1.807, 2.05) is 4.90 Å². The lowest BCUT2D eigenvalue weighted by atomic mass is 9.95. The van der Waals surface area contributed by atoms with E-state index in [0.29, 0.717) is 18.5 Å². The Morgan fingerprint density at radius 3 is 2.77 bits per heavy atom. The number of nitrogens with zero attached hydrogens (tertiary/aromatic N) is 6. The molecule has 2 aliphatic heterocycles. The molecule has 0 N–H and O–H groups in total. The van der Waals surface area contributed by atoms with Crippen molar-refractivity contribution in [1.82, 2.24) is 15.2 Å². The number of nitro groups is 1. The topological polar surface area (TPSA) is 112 Å². The minimum atomic E-state index is -4.96. The molecule has 5 rings (SSSR count). The van der Waals surface area contributed by atoms with Gasteiger partial charge in [-0.1, -0.05) is 42.5 Å². The van der Waals surface area contributed by atoms with Gasteiger partial charge in [0.05, 0.1) is 18.1 Å². The average molecular weight is 541 g/mol. The van der Waals surface area contributed by atoms with E-state index < -0.39 is 46.3 Å². The molecule has 13 heteroatoms. The van der Waals surface area contributed by atoms with Crippen molar-refractivity contribution in [2.45, 2.75) is 56.5 Å². The zero-order valence-corrected chi connectivity index (χ0v) is 20.6. The van der Waals surface area contributed by atoms with E-state index in [9.17, 15) is 23.3 Å². The van der Waals surface area contributed by atoms with Gasteiger partial charge in [0.15, 0.2) is 0 Å². The zero-order valence-electron chi connectivity index (χ0n) is 20.6. The van der Waals surface area contributed by atoms with Gasteiger partial charge in [-0.05, 0) is 37.7 Å². The predicted octanol–water partition coefficient (Wildman–Crippen LogP) is 6.27. The fourth-order valence-corrected chi connectivity index (χ4v) is 4.94. The largest absolute Gasteiger partial charge is 0.426 e. The van der Waals surface area contributed by atoms with Crippen molar-refractivity contribution in [1.29, 1.82) is 0 Å². The quantitative estimate of drug-likeness (QED) is 0.165. The molecule has 0 saturated carbocycles. The fraction of sp³-hybridized carbons (Fsp3) is 0.385. The molecule has 39 heavy (non-hydrogen) atoms. The molecule has 0 amide bonds. The van der Waals surface area contributed by atoms with Gasteiger partial charge in [-0.15, -0.1) is 10.2 Å². The SMILES string of the molecule is [C-]#[N+]c1cc([N+](=O)[O-])c2nc1N1CCC[C@H]1C/C=C\CCC(OCc1ccccc1)(C(F)(F)F)c1nnc-2o1. The number of hydrogen-bond acceptors (Lipinski definition) is 8. The maximum atomic E-state index is 14.8. The molecule has 1 saturated heterocycles. The Labute approximate surface area is 221 Å². The van der Waals surface area contributed by atoms with Gasteiger partial charge in [-0.3, -0.25) is 10.1 Å². The summed E-state index contributed by atoms with van der Waals surface area (Å²) in [5.74, 6) is -1.24. The summed E-state index contributed by atoms with van der Waals surface area (Å²) in [6.45, 7) is 7.76. The van der Waals surface area contributed by atoms with Gasteiger partial charge < -0.3 is 14.1 Å². The molecular weight excluding hydrogens is 517 g/mol. The highest BCUT2D eigenvalue weighted by atomic mass is 19.4. The van der Waals surface area contributed by atoms with Crippen LogP contribution in [0.15, 0.2) is 53.0 Å². The number of rotatable bonds is 4. The van der Waals surface area contributed by atoms with Crippen LogP contribution in [0.25, 0.3) is 16.4 Å². The summed E-state index contributed by atoms with van der Waals surface area (Å²) >= 11 is 0. The van der Waals surface area contributed by atoms with Gasteiger partial charge >= 0.3 is 6.18 Å². The molecule has 4 heterocycles. The van der Waals surface area contributed by atoms with Crippen LogP contribution in [0, 0.1) is 16.7 Å². The van der Waals surface area contributed by atoms with E-state index in [2.05, 4.69) is 20.0 Å². The van der Waals surface area contributed by atoms with E-state index in [-0.39, 0.29) is 30.6 Å². The molecule has 0 aliphatic carbocycles. The summed E-state index contributed by atoms with van der Waals surface area (Å²) < 4.78 is 55.5. The summed E-state index contributed by atoms with van der Waals surface area (Å²) in [5, 5.41) is 19.3. The summed E-state index contributed by atoms with van der Waals surface area (Å²) in [6.07, 6.45) is 0.0345. The standard InChI is InChI=1S/C26H23F3N6O4/c1-30-19-15-20(35(36)37)21-23-32-33-24(39-23)25(26(27,28)29,38-16-17-9-4-2-5-10-17)13-7-3-6-11-18-12-8-14-34(18)22(19)31-21/h2-6,9-10,15,18H,7-8,11-14,16H2/b6-3-/t18-,25?/m1/s1. The van der Waals surface area contributed by atoms with Gasteiger partial charge in [0.1, 0.15) is 5.82 Å². The molecular formula is C26H23F3N6O4. The highest BCUT2D eigenvalue weighted by Crippen LogP contribution is 2.47. The van der Waals surface area contributed by atoms with Gasteiger partial charge in [-0.2, -0.15) is 13.2 Å². The number of ether oxygens (including phenoxy) is 1. The molecule has 202 valence electrons. The number of fused-ring (bicyclic) bond motifs is 7. The molecule has 3 aromatic rings. The smallest absolute Gasteiger partial charge is 0.415 e. The lowest BCUT2D eigenvalue weighted by Gasteiger charge is -2.32. The van der Waals surface area contributed by atoms with Crippen LogP contribution in [0.4, 0.5) is 30.4 Å². The second-order valence-electron chi connectivity index (χ2n) is 9.31. The van der Waals surface area contributed by atoms with Crippen LogP contribution in [0.1, 0.15) is 43.6 Å². The van der Waals surface area contributed by atoms with Crippen LogP contribution in [-0.2, 0) is 16.9 Å². The maximum Gasteiger partial charge on any atom is 0.426 e. The third kappa shape index (κ3) is 4.95. The molecule has 2 aliphatic rings. The van der Waals surface area contributed by atoms with Crippen molar-refractivity contribution in [3.8, 4) is 11.6 Å². The normalized spacial score (nSPS) is 22.0. The second kappa shape index (κ2) is 10.5. The number of halogens is 3. The summed E-state index contributed by atoms with van der Waals surface area (Å²) in [5.41, 5.74) is -3.53. The number of pyridine rings is 1. The van der Waals surface area contributed by atoms with E-state index in [1.54, 1.807) is 42.5 Å². The number of benzene rings is 1. The lowest BCUT2D eigenvalue weighted by Crippen LogP contribution is -2.45. The lowest BCUT2D eigenvalue weighted by molar-refractivity contribution is -0.384. The third-order valence-corrected chi connectivity index (χ3v) is 6.93. The molecule has 0 radical (unpaired) electrons. The van der Waals surface area contributed by atoms with Crippen molar-refractivity contribution < 1.29 is 27.2 Å². The van der Waals surface area contributed by atoms with Gasteiger partial charge in [-0.25, -0.2) is 9.83 Å². The molecule has 1 fully saturated rings. The van der Waals surface area contributed by atoms with Crippen LogP contribution in [-0.4, -0.2) is 38.9 Å². The van der Waals surface area contributed by atoms with Crippen LogP contribution >= 0.6 is 0 Å². The molecule has 1 unspecified atom stereocenters. The van der Waals surface area contributed by atoms with Crippen LogP contribution in [0.5, 0.6) is 0 Å². The Morgan fingerprint density at radius 2 is 2.05 bits per heavy atom. The van der Waals surface area contributed by atoms with Crippen LogP contribution < -0.4 is 4.90 Å². The highest BCUT2D eigenvalue weighted by Gasteiger charge is 2.61. The van der Waals surface area contributed by atoms with Crippen LogP contribution in [0.3, 0.4) is 0 Å². The summed E-state index contributed by atoms with van der Waals surface area (Å²) in [7, 11) is 0. The van der Waals surface area contributed by atoms with Gasteiger partial charge in [0.2, 0.25) is 17.0 Å². The van der Waals surface area contributed by atoms with E-state index in [0.717, 1.165) is 18.9 Å². The fourth-order valence-electron chi connectivity index (χ4n) is 4.94. The van der Waals surface area contributed by atoms with Gasteiger partial charge in [0.25, 0.3) is 17.5 Å². The van der Waals surface area contributed by atoms with Crippen molar-refractivity contribution in [2.24, 2.45) is 0 Å². The Bertz CT molecular complexity index is 1440. The average Bonchev–Trinajstić information content (AvgIpc) is 3.59. The summed E-state index contributed by atoms with van der Waals surface area (Å²) in [6, 6.07) is 9.34. The van der Waals surface area contributed by atoms with Crippen molar-refractivity contribution in [2.75, 3.05) is 11.4 Å². The minimum Gasteiger partial charge on any atom is -0.415 e. The zero-order chi connectivity index (χ0) is 27.6. The number of aromatic nitrogens is 3. The van der Waals surface area contributed by atoms with Gasteiger partial charge in [0, 0.05) is 18.7 Å². The minimum absolute atomic E-state index is 0.00424. The van der Waals surface area contributed by atoms with E-state index >= 15 is 0 Å². The van der Waals surface area contributed by atoms with E-state index in [1.165, 1.54) is 0 Å². The van der Waals surface area contributed by atoms with Crippen LogP contribution in [0.2, 0.25) is 0 Å². The Morgan fingerprint density at radius 1 is 1.26 bits per heavy atom. The Hall–Kier alpha value is -4.31. The number of anilines is 1. The first-order valence-electron chi connectivity index (χ1n) is 12.3. The monoisotopic (exact) mass is 540 g/mol. The van der Waals surface area contributed by atoms with Crippen molar-refractivity contribution in [3.05, 3.63) is 81.5 Å².